The number of carbonyl (C=O) groups is 1. The number of amides is 1. The third-order valence-electron chi connectivity index (χ3n) is 5.58. The Morgan fingerprint density at radius 3 is 2.48 bits per heavy atom. The minimum absolute atomic E-state index is 0.147. The van der Waals surface area contributed by atoms with Gasteiger partial charge < -0.3 is 19.3 Å². The van der Waals surface area contributed by atoms with E-state index < -0.39 is 6.36 Å². The molecule has 0 aliphatic carbocycles. The third-order valence-corrected chi connectivity index (χ3v) is 5.58. The molecule has 0 unspecified atom stereocenters. The van der Waals surface area contributed by atoms with Crippen molar-refractivity contribution in [1.82, 2.24) is 9.80 Å². The van der Waals surface area contributed by atoms with Gasteiger partial charge in [0.05, 0.1) is 12.7 Å². The molecule has 5 nitrogen and oxygen atoms in total. The summed E-state index contributed by atoms with van der Waals surface area (Å²) in [5, 5.41) is 0. The van der Waals surface area contributed by atoms with Gasteiger partial charge in [-0.3, -0.25) is 4.79 Å². The lowest BCUT2D eigenvalue weighted by Gasteiger charge is -2.22. The van der Waals surface area contributed by atoms with Crippen LogP contribution in [0, 0.1) is 0 Å². The molecule has 164 valence electrons. The SMILES string of the molecule is COc1cc(C2=CCN(C)CC2)cc2c1C(=O)N(Cc1ccc(OC(F)(F)F)cc1)C2. The average molecular weight is 432 g/mol. The van der Waals surface area contributed by atoms with Crippen molar-refractivity contribution in [3.63, 3.8) is 0 Å². The lowest BCUT2D eigenvalue weighted by atomic mass is 9.95. The largest absolute Gasteiger partial charge is 0.573 e. The molecule has 0 bridgehead atoms. The number of carbonyl (C=O) groups excluding carboxylic acids is 1. The Morgan fingerprint density at radius 2 is 1.87 bits per heavy atom. The number of benzene rings is 2. The van der Waals surface area contributed by atoms with Crippen LogP contribution in [-0.4, -0.2) is 49.3 Å². The zero-order valence-electron chi connectivity index (χ0n) is 17.3. The normalized spacial score (nSPS) is 16.9. The van der Waals surface area contributed by atoms with Crippen molar-refractivity contribution in [2.45, 2.75) is 25.9 Å². The van der Waals surface area contributed by atoms with E-state index in [9.17, 15) is 18.0 Å². The van der Waals surface area contributed by atoms with E-state index in [1.165, 1.54) is 29.8 Å². The van der Waals surface area contributed by atoms with Crippen molar-refractivity contribution < 1.29 is 27.4 Å². The molecule has 2 aromatic carbocycles. The first-order valence-electron chi connectivity index (χ1n) is 9.96. The molecule has 0 saturated heterocycles. The number of ether oxygens (including phenoxy) is 2. The molecule has 0 aromatic heterocycles. The Bertz CT molecular complexity index is 1020. The van der Waals surface area contributed by atoms with Gasteiger partial charge in [-0.25, -0.2) is 0 Å². The van der Waals surface area contributed by atoms with Gasteiger partial charge in [0.2, 0.25) is 0 Å². The number of halogens is 3. The molecule has 0 saturated carbocycles. The highest BCUT2D eigenvalue weighted by Gasteiger charge is 2.33. The van der Waals surface area contributed by atoms with Crippen LogP contribution in [0.4, 0.5) is 13.2 Å². The van der Waals surface area contributed by atoms with Gasteiger partial charge in [-0.05, 0) is 60.0 Å². The van der Waals surface area contributed by atoms with E-state index in [1.54, 1.807) is 12.0 Å². The molecule has 2 aromatic rings. The maximum atomic E-state index is 13.0. The molecular weight excluding hydrogens is 409 g/mol. The first-order chi connectivity index (χ1) is 14.7. The molecule has 0 radical (unpaired) electrons. The molecule has 1 amide bonds. The van der Waals surface area contributed by atoms with Crippen molar-refractivity contribution in [1.29, 1.82) is 0 Å². The van der Waals surface area contributed by atoms with Crippen LogP contribution in [-0.2, 0) is 13.1 Å². The Labute approximate surface area is 178 Å². The molecule has 0 spiro atoms. The molecule has 0 fully saturated rings. The molecule has 0 atom stereocenters. The zero-order chi connectivity index (χ0) is 22.2. The summed E-state index contributed by atoms with van der Waals surface area (Å²) in [6.45, 7) is 2.57. The van der Waals surface area contributed by atoms with Crippen molar-refractivity contribution >= 4 is 11.5 Å². The zero-order valence-corrected chi connectivity index (χ0v) is 17.3. The second-order valence-electron chi connectivity index (χ2n) is 7.81. The summed E-state index contributed by atoms with van der Waals surface area (Å²) >= 11 is 0. The van der Waals surface area contributed by atoms with Gasteiger partial charge in [0.25, 0.3) is 5.91 Å². The molecule has 2 aliphatic rings. The summed E-state index contributed by atoms with van der Waals surface area (Å²) in [5.74, 6) is 0.116. The van der Waals surface area contributed by atoms with E-state index in [0.717, 1.165) is 30.6 Å². The van der Waals surface area contributed by atoms with Crippen LogP contribution in [0.25, 0.3) is 5.57 Å². The quantitative estimate of drug-likeness (QED) is 0.699. The Morgan fingerprint density at radius 1 is 1.13 bits per heavy atom. The van der Waals surface area contributed by atoms with Gasteiger partial charge in [-0.1, -0.05) is 18.2 Å². The van der Waals surface area contributed by atoms with Gasteiger partial charge >= 0.3 is 6.36 Å². The molecular formula is C23H23F3N2O3. The highest BCUT2D eigenvalue weighted by atomic mass is 19.4. The van der Waals surface area contributed by atoms with Gasteiger partial charge in [0.1, 0.15) is 11.5 Å². The number of fused-ring (bicyclic) bond motifs is 1. The van der Waals surface area contributed by atoms with Crippen LogP contribution in [0.15, 0.2) is 42.5 Å². The standard InChI is InChI=1S/C23H23F3N2O3/c1-27-9-7-16(8-10-27)17-11-18-14-28(22(29)21(18)20(12-17)30-2)13-15-3-5-19(6-4-15)31-23(24,25)26/h3-7,11-12H,8-10,13-14H2,1-2H3. The summed E-state index contributed by atoms with van der Waals surface area (Å²) in [6.07, 6.45) is -1.60. The fourth-order valence-corrected chi connectivity index (χ4v) is 4.00. The minimum Gasteiger partial charge on any atom is -0.496 e. The third kappa shape index (κ3) is 4.69. The molecule has 0 N–H and O–H groups in total. The van der Waals surface area contributed by atoms with Crippen LogP contribution in [0.1, 0.15) is 33.5 Å². The first kappa shape index (κ1) is 21.2. The highest BCUT2D eigenvalue weighted by molar-refractivity contribution is 6.01. The number of rotatable bonds is 5. The van der Waals surface area contributed by atoms with E-state index in [1.807, 2.05) is 12.1 Å². The van der Waals surface area contributed by atoms with Crippen molar-refractivity contribution in [2.24, 2.45) is 0 Å². The smallest absolute Gasteiger partial charge is 0.496 e. The van der Waals surface area contributed by atoms with E-state index >= 15 is 0 Å². The van der Waals surface area contributed by atoms with Crippen molar-refractivity contribution in [3.05, 3.63) is 64.7 Å². The van der Waals surface area contributed by atoms with Crippen LogP contribution in [0.2, 0.25) is 0 Å². The van der Waals surface area contributed by atoms with E-state index in [0.29, 0.717) is 23.4 Å². The summed E-state index contributed by atoms with van der Waals surface area (Å²) in [5.41, 5.74) is 4.47. The van der Waals surface area contributed by atoms with E-state index in [4.69, 9.17) is 4.74 Å². The minimum atomic E-state index is -4.73. The summed E-state index contributed by atoms with van der Waals surface area (Å²) in [7, 11) is 3.63. The number of nitrogens with zero attached hydrogens (tertiary/aromatic N) is 2. The lowest BCUT2D eigenvalue weighted by molar-refractivity contribution is -0.274. The van der Waals surface area contributed by atoms with Gasteiger partial charge in [-0.2, -0.15) is 0 Å². The van der Waals surface area contributed by atoms with Crippen LogP contribution >= 0.6 is 0 Å². The molecule has 2 heterocycles. The molecule has 8 heteroatoms. The first-order valence-corrected chi connectivity index (χ1v) is 9.96. The van der Waals surface area contributed by atoms with Crippen molar-refractivity contribution in [2.75, 3.05) is 27.2 Å². The second kappa shape index (κ2) is 8.26. The number of methoxy groups -OCH3 is 1. The number of likely N-dealkylation sites (N-methyl/N-ethyl adjacent to an activating group) is 1. The van der Waals surface area contributed by atoms with Crippen LogP contribution in [0.3, 0.4) is 0 Å². The second-order valence-corrected chi connectivity index (χ2v) is 7.81. The van der Waals surface area contributed by atoms with E-state index in [2.05, 4.69) is 22.8 Å². The average Bonchev–Trinajstić information content (AvgIpc) is 3.03. The number of hydrogen-bond acceptors (Lipinski definition) is 4. The monoisotopic (exact) mass is 432 g/mol. The molecule has 31 heavy (non-hydrogen) atoms. The predicted octanol–water partition coefficient (Wildman–Crippen LogP) is 4.47. The van der Waals surface area contributed by atoms with Crippen LogP contribution < -0.4 is 9.47 Å². The molecule has 2 aliphatic heterocycles. The Hall–Kier alpha value is -3.00. The maximum absolute atomic E-state index is 13.0. The van der Waals surface area contributed by atoms with Gasteiger partial charge in [0.15, 0.2) is 0 Å². The molecule has 4 rings (SSSR count). The lowest BCUT2D eigenvalue weighted by Crippen LogP contribution is -2.23. The topological polar surface area (TPSA) is 42.0 Å². The predicted molar refractivity (Wildman–Crippen MR) is 110 cm³/mol. The van der Waals surface area contributed by atoms with Gasteiger partial charge in [0, 0.05) is 26.2 Å². The fraction of sp³-hybridized carbons (Fsp3) is 0.348. The fourth-order valence-electron chi connectivity index (χ4n) is 4.00. The Balaban J connectivity index is 1.53. The highest BCUT2D eigenvalue weighted by Crippen LogP contribution is 2.36. The van der Waals surface area contributed by atoms with Crippen LogP contribution in [0.5, 0.6) is 11.5 Å². The van der Waals surface area contributed by atoms with E-state index in [-0.39, 0.29) is 18.2 Å². The number of hydrogen-bond donors (Lipinski definition) is 0. The summed E-state index contributed by atoms with van der Waals surface area (Å²) < 4.78 is 46.4. The maximum Gasteiger partial charge on any atom is 0.573 e. The van der Waals surface area contributed by atoms with Gasteiger partial charge in [-0.15, -0.1) is 13.2 Å². The Kier molecular flexibility index (Phi) is 5.66. The summed E-state index contributed by atoms with van der Waals surface area (Å²) in [4.78, 5) is 16.9. The summed E-state index contributed by atoms with van der Waals surface area (Å²) in [6, 6.07) is 9.53. The van der Waals surface area contributed by atoms with Crippen molar-refractivity contribution in [3.8, 4) is 11.5 Å². The number of alkyl halides is 3.